The minimum absolute atomic E-state index is 0.502. The first kappa shape index (κ1) is 9.10. The van der Waals surface area contributed by atoms with Crippen molar-refractivity contribution in [2.75, 3.05) is 5.73 Å². The summed E-state index contributed by atoms with van der Waals surface area (Å²) in [5.74, 6) is 0.624. The minimum Gasteiger partial charge on any atom is -0.382 e. The average Bonchev–Trinajstić information content (AvgIpc) is 2.34. The molecular weight excluding hydrogens is 150 g/mol. The van der Waals surface area contributed by atoms with Gasteiger partial charge in [0, 0.05) is 11.8 Å². The molecule has 0 aromatic carbocycles. The molecule has 0 atom stereocenters. The molecule has 0 bridgehead atoms. The molecule has 0 radical (unpaired) electrons. The van der Waals surface area contributed by atoms with Crippen LogP contribution in [0.3, 0.4) is 0 Å². The van der Waals surface area contributed by atoms with Crippen molar-refractivity contribution in [3.05, 3.63) is 11.8 Å². The van der Waals surface area contributed by atoms with Crippen LogP contribution in [0.25, 0.3) is 0 Å². The summed E-state index contributed by atoms with van der Waals surface area (Å²) in [4.78, 5) is 0. The molecule has 1 aromatic rings. The molecule has 12 heavy (non-hydrogen) atoms. The van der Waals surface area contributed by atoms with Crippen LogP contribution < -0.4 is 5.73 Å². The van der Waals surface area contributed by atoms with E-state index in [4.69, 9.17) is 5.73 Å². The number of hydrogen-bond donors (Lipinski definition) is 1. The quantitative estimate of drug-likeness (QED) is 0.749. The highest BCUT2D eigenvalue weighted by Gasteiger charge is 2.09. The summed E-state index contributed by atoms with van der Waals surface area (Å²) < 4.78 is 2.02. The fourth-order valence-corrected chi connectivity index (χ4v) is 1.52. The summed E-state index contributed by atoms with van der Waals surface area (Å²) >= 11 is 0. The zero-order chi connectivity index (χ0) is 9.14. The van der Waals surface area contributed by atoms with Gasteiger partial charge in [-0.05, 0) is 19.8 Å². The molecule has 3 heteroatoms. The van der Waals surface area contributed by atoms with Crippen molar-refractivity contribution in [1.29, 1.82) is 0 Å². The van der Waals surface area contributed by atoms with E-state index in [9.17, 15) is 0 Å². The molecule has 2 N–H and O–H groups in total. The third-order valence-electron chi connectivity index (χ3n) is 2.23. The van der Waals surface area contributed by atoms with Crippen LogP contribution in [-0.4, -0.2) is 9.78 Å². The Labute approximate surface area is 73.6 Å². The number of nitrogens with two attached hydrogens (primary N) is 1. The molecule has 0 aliphatic heterocycles. The highest BCUT2D eigenvalue weighted by molar-refractivity contribution is 5.29. The Balaban J connectivity index is 2.91. The van der Waals surface area contributed by atoms with Gasteiger partial charge < -0.3 is 5.73 Å². The molecule has 0 aliphatic carbocycles. The van der Waals surface area contributed by atoms with Gasteiger partial charge in [-0.25, -0.2) is 0 Å². The molecule has 1 heterocycles. The van der Waals surface area contributed by atoms with Crippen LogP contribution in [-0.2, 0) is 0 Å². The van der Waals surface area contributed by atoms with Crippen molar-refractivity contribution >= 4 is 5.82 Å². The summed E-state index contributed by atoms with van der Waals surface area (Å²) in [6.07, 6.45) is 2.22. The molecule has 1 rings (SSSR count). The van der Waals surface area contributed by atoms with E-state index >= 15 is 0 Å². The number of aromatic nitrogens is 2. The number of aryl methyl sites for hydroxylation is 1. The summed E-state index contributed by atoms with van der Waals surface area (Å²) in [6.45, 7) is 6.39. The average molecular weight is 167 g/mol. The third-order valence-corrected chi connectivity index (χ3v) is 2.23. The molecule has 1 aromatic heterocycles. The summed E-state index contributed by atoms with van der Waals surface area (Å²) in [7, 11) is 0. The lowest BCUT2D eigenvalue weighted by molar-refractivity contribution is 0.421. The van der Waals surface area contributed by atoms with E-state index in [1.807, 2.05) is 17.7 Å². The van der Waals surface area contributed by atoms with Crippen molar-refractivity contribution in [2.24, 2.45) is 0 Å². The number of rotatable bonds is 3. The first-order valence-corrected chi connectivity index (χ1v) is 4.50. The van der Waals surface area contributed by atoms with Gasteiger partial charge in [0.15, 0.2) is 0 Å². The maximum absolute atomic E-state index is 5.59. The van der Waals surface area contributed by atoms with Crippen LogP contribution in [0.4, 0.5) is 5.82 Å². The standard InChI is InChI=1S/C9H17N3/c1-4-8(5-2)12-7(3)6-9(10)11-12/h6,8H,4-5H2,1-3H3,(H2,10,11). The maximum Gasteiger partial charge on any atom is 0.145 e. The first-order valence-electron chi connectivity index (χ1n) is 4.50. The molecule has 0 unspecified atom stereocenters. The topological polar surface area (TPSA) is 43.8 Å². The smallest absolute Gasteiger partial charge is 0.145 e. The number of anilines is 1. The second-order valence-corrected chi connectivity index (χ2v) is 3.13. The Morgan fingerprint density at radius 2 is 2.08 bits per heavy atom. The Hall–Kier alpha value is -0.990. The van der Waals surface area contributed by atoms with E-state index in [1.54, 1.807) is 0 Å². The summed E-state index contributed by atoms with van der Waals surface area (Å²) in [5.41, 5.74) is 6.75. The molecule has 0 spiro atoms. The van der Waals surface area contributed by atoms with Crippen LogP contribution in [0.2, 0.25) is 0 Å². The Bertz CT molecular complexity index is 248. The molecule has 0 saturated heterocycles. The van der Waals surface area contributed by atoms with Crippen LogP contribution in [0.15, 0.2) is 6.07 Å². The van der Waals surface area contributed by atoms with Gasteiger partial charge in [0.05, 0.1) is 6.04 Å². The number of hydrogen-bond acceptors (Lipinski definition) is 2. The SMILES string of the molecule is CCC(CC)n1nc(N)cc1C. The molecule has 0 aliphatic rings. The van der Waals surface area contributed by atoms with E-state index in [0.29, 0.717) is 11.9 Å². The predicted molar refractivity (Wildman–Crippen MR) is 51.0 cm³/mol. The van der Waals surface area contributed by atoms with E-state index in [2.05, 4.69) is 18.9 Å². The maximum atomic E-state index is 5.59. The predicted octanol–water partition coefficient (Wildman–Crippen LogP) is 2.13. The van der Waals surface area contributed by atoms with Crippen molar-refractivity contribution in [2.45, 2.75) is 39.7 Å². The van der Waals surface area contributed by atoms with Gasteiger partial charge in [-0.15, -0.1) is 0 Å². The van der Waals surface area contributed by atoms with Gasteiger partial charge in [0.1, 0.15) is 5.82 Å². The van der Waals surface area contributed by atoms with Gasteiger partial charge >= 0.3 is 0 Å². The van der Waals surface area contributed by atoms with Gasteiger partial charge in [0.2, 0.25) is 0 Å². The van der Waals surface area contributed by atoms with Gasteiger partial charge in [0.25, 0.3) is 0 Å². The van der Waals surface area contributed by atoms with Gasteiger partial charge in [-0.1, -0.05) is 13.8 Å². The molecule has 0 saturated carbocycles. The highest BCUT2D eigenvalue weighted by Crippen LogP contribution is 2.18. The Kier molecular flexibility index (Phi) is 2.74. The van der Waals surface area contributed by atoms with E-state index in [0.717, 1.165) is 18.5 Å². The zero-order valence-corrected chi connectivity index (χ0v) is 8.04. The largest absolute Gasteiger partial charge is 0.382 e. The van der Waals surface area contributed by atoms with Crippen LogP contribution >= 0.6 is 0 Å². The number of nitrogens with zero attached hydrogens (tertiary/aromatic N) is 2. The Morgan fingerprint density at radius 3 is 2.42 bits per heavy atom. The lowest BCUT2D eigenvalue weighted by Crippen LogP contribution is -2.10. The van der Waals surface area contributed by atoms with Crippen molar-refractivity contribution in [1.82, 2.24) is 9.78 Å². The molecular formula is C9H17N3. The molecule has 0 fully saturated rings. The second-order valence-electron chi connectivity index (χ2n) is 3.13. The monoisotopic (exact) mass is 167 g/mol. The molecule has 68 valence electrons. The van der Waals surface area contributed by atoms with E-state index < -0.39 is 0 Å². The van der Waals surface area contributed by atoms with E-state index in [-0.39, 0.29) is 0 Å². The molecule has 3 nitrogen and oxygen atoms in total. The summed E-state index contributed by atoms with van der Waals surface area (Å²) in [6, 6.07) is 2.42. The minimum atomic E-state index is 0.502. The van der Waals surface area contributed by atoms with Gasteiger partial charge in [-0.3, -0.25) is 4.68 Å². The van der Waals surface area contributed by atoms with Crippen LogP contribution in [0.1, 0.15) is 38.4 Å². The zero-order valence-electron chi connectivity index (χ0n) is 8.04. The lowest BCUT2D eigenvalue weighted by atomic mass is 10.2. The Morgan fingerprint density at radius 1 is 1.50 bits per heavy atom. The normalized spacial score (nSPS) is 11.0. The number of nitrogen functional groups attached to an aromatic ring is 1. The van der Waals surface area contributed by atoms with Crippen LogP contribution in [0.5, 0.6) is 0 Å². The van der Waals surface area contributed by atoms with E-state index in [1.165, 1.54) is 0 Å². The van der Waals surface area contributed by atoms with Crippen molar-refractivity contribution < 1.29 is 0 Å². The van der Waals surface area contributed by atoms with Gasteiger partial charge in [-0.2, -0.15) is 5.10 Å². The highest BCUT2D eigenvalue weighted by atomic mass is 15.3. The third kappa shape index (κ3) is 1.60. The first-order chi connectivity index (χ1) is 5.69. The fourth-order valence-electron chi connectivity index (χ4n) is 1.52. The van der Waals surface area contributed by atoms with Crippen LogP contribution in [0, 0.1) is 6.92 Å². The van der Waals surface area contributed by atoms with Crippen molar-refractivity contribution in [3.63, 3.8) is 0 Å². The molecule has 0 amide bonds. The van der Waals surface area contributed by atoms with Crippen molar-refractivity contribution in [3.8, 4) is 0 Å². The fraction of sp³-hybridized carbons (Fsp3) is 0.667. The summed E-state index contributed by atoms with van der Waals surface area (Å²) in [5, 5.41) is 4.25. The second kappa shape index (κ2) is 3.61. The lowest BCUT2D eigenvalue weighted by Gasteiger charge is -2.14.